The smallest absolute Gasteiger partial charge is 0.369 e. The fourth-order valence-electron chi connectivity index (χ4n) is 4.94. The summed E-state index contributed by atoms with van der Waals surface area (Å²) in [5.74, 6) is -0.694. The molecule has 0 atom stereocenters. The van der Waals surface area contributed by atoms with Gasteiger partial charge in [0.15, 0.2) is 5.82 Å². The fraction of sp³-hybridized carbons (Fsp3) is 0.250. The van der Waals surface area contributed by atoms with E-state index < -0.39 is 11.2 Å². The summed E-state index contributed by atoms with van der Waals surface area (Å²) in [6.45, 7) is 5.03. The maximum absolute atomic E-state index is 14.1. The average molecular weight is 547 g/mol. The Kier molecular flexibility index (Phi) is 6.96. The molecule has 0 spiro atoms. The number of hydrogen-bond donors (Lipinski definition) is 3. The van der Waals surface area contributed by atoms with Gasteiger partial charge in [-0.2, -0.15) is 0 Å². The van der Waals surface area contributed by atoms with Crippen LogP contribution in [0.2, 0.25) is 5.15 Å². The minimum absolute atomic E-state index is 0.152. The Bertz CT molecular complexity index is 1590. The second kappa shape index (κ2) is 10.4. The zero-order valence-electron chi connectivity index (χ0n) is 21.6. The number of halogens is 1. The van der Waals surface area contributed by atoms with Crippen LogP contribution in [0.15, 0.2) is 70.1 Å². The van der Waals surface area contributed by atoms with E-state index in [0.29, 0.717) is 24.5 Å². The summed E-state index contributed by atoms with van der Waals surface area (Å²) in [4.78, 5) is 46.6. The predicted octanol–water partition coefficient (Wildman–Crippen LogP) is 3.96. The summed E-state index contributed by atoms with van der Waals surface area (Å²) >= 11 is 6.04. The lowest BCUT2D eigenvalue weighted by Gasteiger charge is -2.51. The highest BCUT2D eigenvalue weighted by atomic mass is 35.5. The number of aromatic nitrogens is 3. The lowest BCUT2D eigenvalue weighted by atomic mass is 9.69. The molecule has 11 heteroatoms. The molecule has 200 valence electrons. The van der Waals surface area contributed by atoms with Crippen LogP contribution in [-0.2, 0) is 10.2 Å². The maximum Gasteiger partial charge on any atom is 0.439 e. The van der Waals surface area contributed by atoms with Crippen LogP contribution in [0.4, 0.5) is 11.4 Å². The number of nitrogens with zero attached hydrogens (tertiary/aromatic N) is 3. The monoisotopic (exact) mass is 546 g/mol. The molecule has 3 heterocycles. The number of anilines is 2. The Morgan fingerprint density at radius 1 is 1.13 bits per heavy atom. The number of H-pyrrole nitrogens is 1. The Balaban J connectivity index is 1.48. The van der Waals surface area contributed by atoms with Crippen molar-refractivity contribution in [1.82, 2.24) is 20.4 Å². The molecule has 1 aliphatic heterocycles. The number of nitrogens with one attached hydrogen (secondary N) is 3. The molecule has 10 nitrogen and oxygen atoms in total. The van der Waals surface area contributed by atoms with Crippen molar-refractivity contribution in [2.75, 3.05) is 30.4 Å². The van der Waals surface area contributed by atoms with E-state index in [9.17, 15) is 14.4 Å². The molecule has 39 heavy (non-hydrogen) atoms. The third-order valence-corrected chi connectivity index (χ3v) is 7.20. The van der Waals surface area contributed by atoms with E-state index in [-0.39, 0.29) is 34.1 Å². The molecule has 0 bridgehead atoms. The lowest BCUT2D eigenvalue weighted by molar-refractivity contribution is -0.122. The first-order valence-electron chi connectivity index (χ1n) is 12.4. The van der Waals surface area contributed by atoms with E-state index in [1.807, 2.05) is 48.5 Å². The van der Waals surface area contributed by atoms with Crippen molar-refractivity contribution in [3.8, 4) is 11.4 Å². The minimum Gasteiger partial charge on any atom is -0.369 e. The molecule has 0 aliphatic carbocycles. The van der Waals surface area contributed by atoms with Crippen molar-refractivity contribution in [2.45, 2.75) is 25.2 Å². The van der Waals surface area contributed by atoms with Gasteiger partial charge in [-0.1, -0.05) is 54.9 Å². The summed E-state index contributed by atoms with van der Waals surface area (Å²) in [6, 6.07) is 16.9. The Morgan fingerprint density at radius 2 is 1.85 bits per heavy atom. The largest absolute Gasteiger partial charge is 0.439 e. The van der Waals surface area contributed by atoms with Crippen LogP contribution < -0.4 is 21.3 Å². The summed E-state index contributed by atoms with van der Waals surface area (Å²) in [6.07, 6.45) is 1.40. The molecule has 0 radical (unpaired) electrons. The first-order chi connectivity index (χ1) is 18.7. The third kappa shape index (κ3) is 4.90. The van der Waals surface area contributed by atoms with Crippen molar-refractivity contribution in [1.29, 1.82) is 0 Å². The van der Waals surface area contributed by atoms with Gasteiger partial charge >= 0.3 is 5.76 Å². The van der Waals surface area contributed by atoms with Gasteiger partial charge in [-0.15, -0.1) is 0 Å². The quantitative estimate of drug-likeness (QED) is 0.299. The molecule has 4 aromatic rings. The molecule has 1 aliphatic rings. The molecule has 3 N–H and O–H groups in total. The van der Waals surface area contributed by atoms with Gasteiger partial charge in [0, 0.05) is 31.4 Å². The van der Waals surface area contributed by atoms with E-state index in [0.717, 1.165) is 16.8 Å². The number of benzene rings is 2. The summed E-state index contributed by atoms with van der Waals surface area (Å²) in [5, 5.41) is 9.42. The Labute approximate surface area is 229 Å². The van der Waals surface area contributed by atoms with Crippen molar-refractivity contribution in [3.63, 3.8) is 0 Å². The van der Waals surface area contributed by atoms with Crippen molar-refractivity contribution in [3.05, 3.63) is 93.2 Å². The second-order valence-electron chi connectivity index (χ2n) is 9.76. The van der Waals surface area contributed by atoms with E-state index in [1.54, 1.807) is 0 Å². The molecular weight excluding hydrogens is 520 g/mol. The van der Waals surface area contributed by atoms with Gasteiger partial charge in [0.25, 0.3) is 5.91 Å². The van der Waals surface area contributed by atoms with Gasteiger partial charge in [0.1, 0.15) is 10.6 Å². The number of carbonyl (C=O) groups is 2. The predicted molar refractivity (Wildman–Crippen MR) is 148 cm³/mol. The van der Waals surface area contributed by atoms with Crippen molar-refractivity contribution in [2.24, 2.45) is 0 Å². The van der Waals surface area contributed by atoms with E-state index in [1.165, 1.54) is 19.3 Å². The first-order valence-corrected chi connectivity index (χ1v) is 12.8. The van der Waals surface area contributed by atoms with Gasteiger partial charge in [0.2, 0.25) is 5.91 Å². The molecule has 2 aromatic heterocycles. The van der Waals surface area contributed by atoms with Crippen LogP contribution in [0.25, 0.3) is 11.4 Å². The van der Waals surface area contributed by atoms with Crippen LogP contribution in [0, 0.1) is 0 Å². The van der Waals surface area contributed by atoms with E-state index >= 15 is 0 Å². The van der Waals surface area contributed by atoms with Crippen LogP contribution in [0.1, 0.15) is 41.3 Å². The van der Waals surface area contributed by atoms with Crippen LogP contribution in [0.3, 0.4) is 0 Å². The number of pyridine rings is 1. The standard InChI is InChI=1S/C28H27ClN6O4/c1-16(2)19-6-4-5-7-21(19)28(26(37)32-22-13-31-23(29)12-20(22)25(36)30-3)14-35(15-28)18-10-8-17(9-11-18)24-33-27(38)39-34-24/h4-13,16H,14-15H2,1-3H3,(H,30,36)(H,32,37)(H,33,34,38). The topological polar surface area (TPSA) is 133 Å². The van der Waals surface area contributed by atoms with Gasteiger partial charge in [-0.25, -0.2) is 9.78 Å². The highest BCUT2D eigenvalue weighted by molar-refractivity contribution is 6.30. The Morgan fingerprint density at radius 3 is 2.49 bits per heavy atom. The zero-order chi connectivity index (χ0) is 27.7. The molecule has 2 amide bonds. The molecule has 0 saturated carbocycles. The van der Waals surface area contributed by atoms with Crippen molar-refractivity contribution < 1.29 is 14.1 Å². The fourth-order valence-corrected chi connectivity index (χ4v) is 5.10. The maximum atomic E-state index is 14.1. The lowest BCUT2D eigenvalue weighted by Crippen LogP contribution is -2.65. The molecular formula is C28H27ClN6O4. The number of carbonyl (C=O) groups excluding carboxylic acids is 2. The number of rotatable bonds is 7. The van der Waals surface area contributed by atoms with Crippen LogP contribution in [-0.4, -0.2) is 47.1 Å². The van der Waals surface area contributed by atoms with Crippen LogP contribution >= 0.6 is 11.6 Å². The number of aromatic amines is 1. The van der Waals surface area contributed by atoms with Gasteiger partial charge in [-0.05, 0) is 47.4 Å². The molecule has 1 fully saturated rings. The SMILES string of the molecule is CNC(=O)c1cc(Cl)ncc1NC(=O)C1(c2ccccc2C(C)C)CN(c2ccc(-c3noc(=O)[nH]3)cc2)C1. The zero-order valence-corrected chi connectivity index (χ0v) is 22.4. The number of amides is 2. The van der Waals surface area contributed by atoms with Crippen LogP contribution in [0.5, 0.6) is 0 Å². The van der Waals surface area contributed by atoms with Gasteiger partial charge in [0.05, 0.1) is 17.4 Å². The van der Waals surface area contributed by atoms with E-state index in [2.05, 4.69) is 49.0 Å². The highest BCUT2D eigenvalue weighted by Crippen LogP contribution is 2.42. The summed E-state index contributed by atoms with van der Waals surface area (Å²) in [5.41, 5.74) is 3.28. The molecule has 5 rings (SSSR count). The summed E-state index contributed by atoms with van der Waals surface area (Å²) in [7, 11) is 1.51. The molecule has 1 saturated heterocycles. The third-order valence-electron chi connectivity index (χ3n) is 6.99. The molecule has 0 unspecified atom stereocenters. The highest BCUT2D eigenvalue weighted by Gasteiger charge is 2.52. The van der Waals surface area contributed by atoms with Crippen molar-refractivity contribution >= 4 is 34.8 Å². The second-order valence-corrected chi connectivity index (χ2v) is 10.1. The van der Waals surface area contributed by atoms with E-state index in [4.69, 9.17) is 11.6 Å². The first kappa shape index (κ1) is 26.2. The van der Waals surface area contributed by atoms with Gasteiger partial charge < -0.3 is 15.5 Å². The minimum atomic E-state index is -0.878. The number of hydrogen-bond acceptors (Lipinski definition) is 7. The average Bonchev–Trinajstić information content (AvgIpc) is 3.35. The van der Waals surface area contributed by atoms with Gasteiger partial charge in [-0.3, -0.25) is 19.1 Å². The Hall–Kier alpha value is -4.44. The normalized spacial score (nSPS) is 14.1. The summed E-state index contributed by atoms with van der Waals surface area (Å²) < 4.78 is 4.59. The molecule has 2 aromatic carbocycles.